The molecule has 0 aliphatic carbocycles. The Kier molecular flexibility index (Phi) is 4.33. The minimum absolute atomic E-state index is 1.01. The largest absolute Gasteiger partial charge is 0.309 e. The molecule has 0 saturated carbocycles. The standard InChI is InChI=1S/C37H23N3/c1-3-13-26(14-4-1)39-33-18-10-9-17-28(33)32-23-38-35-30(36(32)39)20-19-29-31-21-24-11-7-8-12-25(24)22-34(31)40(37(29)35)27-15-5-2-6-16-27/h1-23H. The summed E-state index contributed by atoms with van der Waals surface area (Å²) >= 11 is 0. The van der Waals surface area contributed by atoms with Gasteiger partial charge in [0.15, 0.2) is 0 Å². The molecule has 0 unspecified atom stereocenters. The Balaban J connectivity index is 1.52. The lowest BCUT2D eigenvalue weighted by Crippen LogP contribution is -1.97. The molecule has 186 valence electrons. The van der Waals surface area contributed by atoms with Gasteiger partial charge in [0.05, 0.1) is 27.6 Å². The first-order valence-corrected chi connectivity index (χ1v) is 13.7. The summed E-state index contributed by atoms with van der Waals surface area (Å²) in [5.74, 6) is 0. The van der Waals surface area contributed by atoms with Crippen molar-refractivity contribution in [3.63, 3.8) is 0 Å². The van der Waals surface area contributed by atoms with Crippen LogP contribution >= 0.6 is 0 Å². The Hall–Kier alpha value is -5.41. The van der Waals surface area contributed by atoms with Crippen LogP contribution in [0.25, 0.3) is 76.7 Å². The third kappa shape index (κ3) is 2.86. The van der Waals surface area contributed by atoms with Gasteiger partial charge in [-0.05, 0) is 59.3 Å². The molecule has 0 saturated heterocycles. The summed E-state index contributed by atoms with van der Waals surface area (Å²) in [7, 11) is 0. The van der Waals surface area contributed by atoms with E-state index >= 15 is 0 Å². The fourth-order valence-corrected chi connectivity index (χ4v) is 6.58. The molecule has 3 aromatic heterocycles. The summed E-state index contributed by atoms with van der Waals surface area (Å²) in [4.78, 5) is 5.21. The molecule has 0 aliphatic rings. The van der Waals surface area contributed by atoms with Gasteiger partial charge < -0.3 is 9.13 Å². The van der Waals surface area contributed by atoms with Crippen LogP contribution in [0.2, 0.25) is 0 Å². The highest BCUT2D eigenvalue weighted by Gasteiger charge is 2.20. The normalized spacial score (nSPS) is 12.0. The molecule has 9 aromatic rings. The molecular weight excluding hydrogens is 486 g/mol. The van der Waals surface area contributed by atoms with Crippen LogP contribution in [0.15, 0.2) is 140 Å². The zero-order valence-corrected chi connectivity index (χ0v) is 21.6. The molecule has 0 atom stereocenters. The van der Waals surface area contributed by atoms with E-state index in [1.165, 1.54) is 48.9 Å². The highest BCUT2D eigenvalue weighted by atomic mass is 15.0. The Labute approximate surface area is 230 Å². The summed E-state index contributed by atoms with van der Waals surface area (Å²) in [6.45, 7) is 0. The van der Waals surface area contributed by atoms with Crippen molar-refractivity contribution in [3.05, 3.63) is 140 Å². The number of para-hydroxylation sites is 3. The van der Waals surface area contributed by atoms with Crippen LogP contribution in [-0.4, -0.2) is 14.1 Å². The molecular formula is C37H23N3. The van der Waals surface area contributed by atoms with Gasteiger partial charge in [-0.1, -0.05) is 84.9 Å². The van der Waals surface area contributed by atoms with E-state index in [1.54, 1.807) is 0 Å². The fourth-order valence-electron chi connectivity index (χ4n) is 6.58. The monoisotopic (exact) mass is 509 g/mol. The highest BCUT2D eigenvalue weighted by Crippen LogP contribution is 2.41. The van der Waals surface area contributed by atoms with Crippen LogP contribution in [0.4, 0.5) is 0 Å². The molecule has 0 aliphatic heterocycles. The van der Waals surface area contributed by atoms with Gasteiger partial charge in [-0.2, -0.15) is 0 Å². The third-order valence-electron chi connectivity index (χ3n) is 8.29. The van der Waals surface area contributed by atoms with Gasteiger partial charge >= 0.3 is 0 Å². The van der Waals surface area contributed by atoms with Crippen LogP contribution in [0.1, 0.15) is 0 Å². The number of fused-ring (bicyclic) bond motifs is 10. The fraction of sp³-hybridized carbons (Fsp3) is 0. The Morgan fingerprint density at radius 3 is 1.75 bits per heavy atom. The zero-order chi connectivity index (χ0) is 26.2. The average Bonchev–Trinajstić information content (AvgIpc) is 3.53. The second-order valence-corrected chi connectivity index (χ2v) is 10.5. The molecule has 9 rings (SSSR count). The lowest BCUT2D eigenvalue weighted by atomic mass is 10.0. The van der Waals surface area contributed by atoms with Gasteiger partial charge in [0, 0.05) is 44.5 Å². The molecule has 0 radical (unpaired) electrons. The number of benzene rings is 6. The van der Waals surface area contributed by atoms with Gasteiger partial charge in [-0.25, -0.2) is 0 Å². The van der Waals surface area contributed by atoms with Crippen LogP contribution in [-0.2, 0) is 0 Å². The number of pyridine rings is 1. The van der Waals surface area contributed by atoms with Crippen molar-refractivity contribution >= 4 is 65.3 Å². The van der Waals surface area contributed by atoms with Gasteiger partial charge in [0.2, 0.25) is 0 Å². The molecule has 0 spiro atoms. The summed E-state index contributed by atoms with van der Waals surface area (Å²) in [5.41, 5.74) is 8.00. The van der Waals surface area contributed by atoms with E-state index in [0.29, 0.717) is 0 Å². The van der Waals surface area contributed by atoms with E-state index in [-0.39, 0.29) is 0 Å². The minimum Gasteiger partial charge on any atom is -0.309 e. The number of nitrogens with zero attached hydrogens (tertiary/aromatic N) is 3. The summed E-state index contributed by atoms with van der Waals surface area (Å²) < 4.78 is 4.79. The predicted octanol–water partition coefficient (Wildman–Crippen LogP) is 9.58. The Morgan fingerprint density at radius 1 is 0.400 bits per heavy atom. The molecule has 3 heterocycles. The smallest absolute Gasteiger partial charge is 0.0970 e. The van der Waals surface area contributed by atoms with Crippen molar-refractivity contribution in [3.8, 4) is 11.4 Å². The van der Waals surface area contributed by atoms with Crippen molar-refractivity contribution in [1.29, 1.82) is 0 Å². The summed E-state index contributed by atoms with van der Waals surface area (Å²) in [5, 5.41) is 8.46. The number of aromatic nitrogens is 3. The van der Waals surface area contributed by atoms with Crippen molar-refractivity contribution in [2.45, 2.75) is 0 Å². The molecule has 0 amide bonds. The van der Waals surface area contributed by atoms with Crippen molar-refractivity contribution in [1.82, 2.24) is 14.1 Å². The van der Waals surface area contributed by atoms with Crippen LogP contribution < -0.4 is 0 Å². The number of hydrogen-bond acceptors (Lipinski definition) is 1. The van der Waals surface area contributed by atoms with Gasteiger partial charge in [0.25, 0.3) is 0 Å². The Morgan fingerprint density at radius 2 is 1.00 bits per heavy atom. The number of hydrogen-bond donors (Lipinski definition) is 0. The molecule has 0 bridgehead atoms. The maximum absolute atomic E-state index is 5.21. The maximum atomic E-state index is 5.21. The Bertz CT molecular complexity index is 2410. The third-order valence-corrected chi connectivity index (χ3v) is 8.29. The quantitative estimate of drug-likeness (QED) is 0.227. The van der Waals surface area contributed by atoms with Crippen molar-refractivity contribution in [2.24, 2.45) is 0 Å². The van der Waals surface area contributed by atoms with Gasteiger partial charge in [-0.3, -0.25) is 4.98 Å². The summed E-state index contributed by atoms with van der Waals surface area (Å²) in [6.07, 6.45) is 2.07. The average molecular weight is 510 g/mol. The van der Waals surface area contributed by atoms with Crippen LogP contribution in [0.3, 0.4) is 0 Å². The van der Waals surface area contributed by atoms with E-state index in [9.17, 15) is 0 Å². The lowest BCUT2D eigenvalue weighted by molar-refractivity contribution is 1.18. The van der Waals surface area contributed by atoms with Gasteiger partial charge in [0.1, 0.15) is 0 Å². The first-order valence-electron chi connectivity index (χ1n) is 13.7. The molecule has 0 N–H and O–H groups in total. The second-order valence-electron chi connectivity index (χ2n) is 10.5. The van der Waals surface area contributed by atoms with E-state index in [2.05, 4.69) is 149 Å². The predicted molar refractivity (Wildman–Crippen MR) is 168 cm³/mol. The molecule has 40 heavy (non-hydrogen) atoms. The van der Waals surface area contributed by atoms with E-state index in [0.717, 1.165) is 27.8 Å². The van der Waals surface area contributed by atoms with Crippen molar-refractivity contribution < 1.29 is 0 Å². The minimum atomic E-state index is 1.01. The first kappa shape index (κ1) is 21.5. The summed E-state index contributed by atoms with van der Waals surface area (Å²) in [6, 6.07) is 47.8. The highest BCUT2D eigenvalue weighted by molar-refractivity contribution is 6.25. The van der Waals surface area contributed by atoms with Crippen molar-refractivity contribution in [2.75, 3.05) is 0 Å². The SMILES string of the molecule is c1ccc(-n2c3ccccc3c3cnc4c(ccc5c6cc7ccccc7cc6n(-c6ccccc6)c54)c32)cc1. The maximum Gasteiger partial charge on any atom is 0.0970 e. The number of rotatable bonds is 2. The zero-order valence-electron chi connectivity index (χ0n) is 21.6. The first-order chi connectivity index (χ1) is 19.9. The molecule has 6 aromatic carbocycles. The van der Waals surface area contributed by atoms with E-state index in [4.69, 9.17) is 4.98 Å². The molecule has 0 fully saturated rings. The van der Waals surface area contributed by atoms with Crippen LogP contribution in [0.5, 0.6) is 0 Å². The van der Waals surface area contributed by atoms with Crippen LogP contribution in [0, 0.1) is 0 Å². The topological polar surface area (TPSA) is 22.8 Å². The van der Waals surface area contributed by atoms with E-state index in [1.807, 2.05) is 0 Å². The lowest BCUT2D eigenvalue weighted by Gasteiger charge is -2.12. The van der Waals surface area contributed by atoms with E-state index < -0.39 is 0 Å². The molecule has 3 heteroatoms. The van der Waals surface area contributed by atoms with Gasteiger partial charge in [-0.15, -0.1) is 0 Å². The molecule has 3 nitrogen and oxygen atoms in total. The second kappa shape index (κ2) is 8.05.